The van der Waals surface area contributed by atoms with Crippen LogP contribution in [-0.2, 0) is 11.2 Å². The van der Waals surface area contributed by atoms with Crippen LogP contribution < -0.4 is 9.80 Å². The lowest BCUT2D eigenvalue weighted by molar-refractivity contribution is -0.121. The number of carbonyl (C=O) groups excluding carboxylic acids is 1. The molecule has 0 saturated carbocycles. The van der Waals surface area contributed by atoms with Crippen molar-refractivity contribution in [3.05, 3.63) is 47.6 Å². The number of anilines is 2. The first-order valence-electron chi connectivity index (χ1n) is 8.64. The van der Waals surface area contributed by atoms with Gasteiger partial charge in [-0.05, 0) is 35.9 Å². The van der Waals surface area contributed by atoms with Crippen LogP contribution in [0.1, 0.15) is 12.0 Å². The van der Waals surface area contributed by atoms with Crippen molar-refractivity contribution in [3.63, 3.8) is 0 Å². The molecule has 126 valence electrons. The van der Waals surface area contributed by atoms with Gasteiger partial charge in [0.2, 0.25) is 5.91 Å². The van der Waals surface area contributed by atoms with Crippen molar-refractivity contribution in [3.8, 4) is 0 Å². The second-order valence-corrected chi connectivity index (χ2v) is 7.55. The Balaban J connectivity index is 1.38. The van der Waals surface area contributed by atoms with E-state index in [1.807, 2.05) is 28.5 Å². The number of aromatic nitrogens is 2. The fraction of sp³-hybridized carbons (Fsp3) is 0.316. The van der Waals surface area contributed by atoms with Crippen LogP contribution in [0, 0.1) is 5.92 Å². The zero-order valence-corrected chi connectivity index (χ0v) is 14.6. The highest BCUT2D eigenvalue weighted by atomic mass is 32.1. The van der Waals surface area contributed by atoms with E-state index in [9.17, 15) is 4.79 Å². The van der Waals surface area contributed by atoms with E-state index in [2.05, 4.69) is 27.0 Å². The fourth-order valence-corrected chi connectivity index (χ4v) is 4.80. The van der Waals surface area contributed by atoms with Crippen molar-refractivity contribution >= 4 is 39.0 Å². The third kappa shape index (κ3) is 2.40. The van der Waals surface area contributed by atoms with Crippen LogP contribution in [0.25, 0.3) is 10.2 Å². The minimum absolute atomic E-state index is 0.0381. The highest BCUT2D eigenvalue weighted by molar-refractivity contribution is 7.17. The molecule has 0 aliphatic carbocycles. The number of nitrogens with zero attached hydrogens (tertiary/aromatic N) is 4. The van der Waals surface area contributed by atoms with Gasteiger partial charge in [-0.2, -0.15) is 0 Å². The maximum absolute atomic E-state index is 13.1. The van der Waals surface area contributed by atoms with Gasteiger partial charge >= 0.3 is 0 Å². The predicted octanol–water partition coefficient (Wildman–Crippen LogP) is 3.11. The van der Waals surface area contributed by atoms with Gasteiger partial charge in [0, 0.05) is 25.3 Å². The summed E-state index contributed by atoms with van der Waals surface area (Å²) >= 11 is 1.66. The van der Waals surface area contributed by atoms with Crippen LogP contribution >= 0.6 is 11.3 Å². The second-order valence-electron chi connectivity index (χ2n) is 6.63. The van der Waals surface area contributed by atoms with Crippen molar-refractivity contribution in [2.75, 3.05) is 29.4 Å². The van der Waals surface area contributed by atoms with Crippen LogP contribution in [0.3, 0.4) is 0 Å². The number of amides is 1. The standard InChI is InChI=1S/C19H18N4OS/c24-19(23-9-6-13-3-1-2-4-16(13)23)14-5-8-22(11-14)18-17-15(7-10-25-17)20-12-21-18/h1-4,7,10,12,14H,5-6,8-9,11H2. The van der Waals surface area contributed by atoms with Crippen LogP contribution in [0.5, 0.6) is 0 Å². The van der Waals surface area contributed by atoms with Gasteiger partial charge in [-0.3, -0.25) is 4.79 Å². The molecule has 5 rings (SSSR count). The predicted molar refractivity (Wildman–Crippen MR) is 100 cm³/mol. The van der Waals surface area contributed by atoms with Crippen LogP contribution in [0.2, 0.25) is 0 Å². The topological polar surface area (TPSA) is 49.3 Å². The number of hydrogen-bond donors (Lipinski definition) is 0. The van der Waals surface area contributed by atoms with E-state index in [4.69, 9.17) is 0 Å². The van der Waals surface area contributed by atoms with Gasteiger partial charge in [0.05, 0.1) is 16.1 Å². The normalized spacial score (nSPS) is 19.6. The Bertz CT molecular complexity index is 953. The summed E-state index contributed by atoms with van der Waals surface area (Å²) in [5.41, 5.74) is 3.36. The van der Waals surface area contributed by atoms with Crippen molar-refractivity contribution in [1.82, 2.24) is 9.97 Å². The summed E-state index contributed by atoms with van der Waals surface area (Å²) in [6, 6.07) is 10.3. The van der Waals surface area contributed by atoms with E-state index in [-0.39, 0.29) is 11.8 Å². The smallest absolute Gasteiger partial charge is 0.231 e. The zero-order valence-electron chi connectivity index (χ0n) is 13.8. The van der Waals surface area contributed by atoms with Crippen molar-refractivity contribution in [1.29, 1.82) is 0 Å². The number of carbonyl (C=O) groups is 1. The molecule has 0 spiro atoms. The molecule has 2 aliphatic heterocycles. The van der Waals surface area contributed by atoms with Gasteiger partial charge in [0.15, 0.2) is 0 Å². The summed E-state index contributed by atoms with van der Waals surface area (Å²) in [6.45, 7) is 2.41. The Kier molecular flexibility index (Phi) is 3.45. The molecule has 1 atom stereocenters. The van der Waals surface area contributed by atoms with Gasteiger partial charge in [-0.1, -0.05) is 18.2 Å². The summed E-state index contributed by atoms with van der Waals surface area (Å²) in [7, 11) is 0. The van der Waals surface area contributed by atoms with E-state index in [0.29, 0.717) is 0 Å². The van der Waals surface area contributed by atoms with Gasteiger partial charge in [-0.25, -0.2) is 9.97 Å². The Labute approximate surface area is 149 Å². The van der Waals surface area contributed by atoms with E-state index >= 15 is 0 Å². The lowest BCUT2D eigenvalue weighted by Crippen LogP contribution is -2.36. The first-order valence-corrected chi connectivity index (χ1v) is 9.51. The molecule has 0 radical (unpaired) electrons. The van der Waals surface area contributed by atoms with E-state index in [0.717, 1.165) is 54.2 Å². The number of para-hydroxylation sites is 1. The van der Waals surface area contributed by atoms with E-state index in [1.165, 1.54) is 5.56 Å². The van der Waals surface area contributed by atoms with Crippen LogP contribution in [0.15, 0.2) is 42.0 Å². The Morgan fingerprint density at radius 3 is 3.04 bits per heavy atom. The van der Waals surface area contributed by atoms with Gasteiger partial charge in [0.25, 0.3) is 0 Å². The number of benzene rings is 1. The van der Waals surface area contributed by atoms with Crippen molar-refractivity contribution < 1.29 is 4.79 Å². The minimum atomic E-state index is 0.0381. The number of thiophene rings is 1. The molecule has 4 heterocycles. The summed E-state index contributed by atoms with van der Waals surface area (Å²) in [5, 5.41) is 2.04. The highest BCUT2D eigenvalue weighted by Gasteiger charge is 2.35. The molecule has 1 unspecified atom stereocenters. The largest absolute Gasteiger partial charge is 0.355 e. The molecule has 0 bridgehead atoms. The molecule has 0 N–H and O–H groups in total. The Morgan fingerprint density at radius 1 is 1.16 bits per heavy atom. The van der Waals surface area contributed by atoms with Crippen LogP contribution in [0.4, 0.5) is 11.5 Å². The van der Waals surface area contributed by atoms with Gasteiger partial charge in [-0.15, -0.1) is 11.3 Å². The quantitative estimate of drug-likeness (QED) is 0.713. The lowest BCUT2D eigenvalue weighted by Gasteiger charge is -2.22. The third-order valence-corrected chi connectivity index (χ3v) is 6.11. The lowest BCUT2D eigenvalue weighted by atomic mass is 10.1. The average molecular weight is 350 g/mol. The molecule has 25 heavy (non-hydrogen) atoms. The zero-order chi connectivity index (χ0) is 16.8. The summed E-state index contributed by atoms with van der Waals surface area (Å²) in [4.78, 5) is 26.1. The highest BCUT2D eigenvalue weighted by Crippen LogP contribution is 2.34. The summed E-state index contributed by atoms with van der Waals surface area (Å²) < 4.78 is 1.11. The summed E-state index contributed by atoms with van der Waals surface area (Å²) in [6.07, 6.45) is 3.46. The molecular formula is C19H18N4OS. The van der Waals surface area contributed by atoms with Crippen molar-refractivity contribution in [2.24, 2.45) is 5.92 Å². The first kappa shape index (κ1) is 14.8. The van der Waals surface area contributed by atoms with E-state index < -0.39 is 0 Å². The molecular weight excluding hydrogens is 332 g/mol. The average Bonchev–Trinajstić information content (AvgIpc) is 3.38. The molecule has 6 heteroatoms. The molecule has 1 aromatic carbocycles. The Hall–Kier alpha value is -2.47. The maximum atomic E-state index is 13.1. The van der Waals surface area contributed by atoms with Crippen molar-refractivity contribution in [2.45, 2.75) is 12.8 Å². The molecule has 3 aromatic rings. The Morgan fingerprint density at radius 2 is 2.08 bits per heavy atom. The summed E-state index contributed by atoms with van der Waals surface area (Å²) in [5.74, 6) is 1.26. The molecule has 5 nitrogen and oxygen atoms in total. The fourth-order valence-electron chi connectivity index (χ4n) is 3.94. The van der Waals surface area contributed by atoms with E-state index in [1.54, 1.807) is 17.7 Å². The monoisotopic (exact) mass is 350 g/mol. The maximum Gasteiger partial charge on any atom is 0.231 e. The van der Waals surface area contributed by atoms with Crippen LogP contribution in [-0.4, -0.2) is 35.5 Å². The molecule has 1 saturated heterocycles. The number of rotatable bonds is 2. The number of fused-ring (bicyclic) bond motifs is 2. The minimum Gasteiger partial charge on any atom is -0.355 e. The molecule has 2 aromatic heterocycles. The molecule has 1 amide bonds. The third-order valence-electron chi connectivity index (χ3n) is 5.21. The molecule has 2 aliphatic rings. The SMILES string of the molecule is O=C(C1CCN(c2ncnc3ccsc23)C1)N1CCc2ccccc21. The number of hydrogen-bond acceptors (Lipinski definition) is 5. The van der Waals surface area contributed by atoms with Gasteiger partial charge < -0.3 is 9.80 Å². The van der Waals surface area contributed by atoms with Gasteiger partial charge in [0.1, 0.15) is 12.1 Å². The second kappa shape index (κ2) is 5.81. The molecule has 1 fully saturated rings. The first-order chi connectivity index (χ1) is 12.3.